The van der Waals surface area contributed by atoms with Crippen LogP contribution in [-0.4, -0.2) is 72.7 Å². The molecule has 0 unspecified atom stereocenters. The maximum atomic E-state index is 12.9. The van der Waals surface area contributed by atoms with E-state index in [1.54, 1.807) is 6.26 Å². The summed E-state index contributed by atoms with van der Waals surface area (Å²) in [5.41, 5.74) is 0. The Kier molecular flexibility index (Phi) is 5.23. The van der Waals surface area contributed by atoms with Crippen LogP contribution < -0.4 is 0 Å². The monoisotopic (exact) mass is 321 g/mol. The van der Waals surface area contributed by atoms with Gasteiger partial charge in [-0.15, -0.1) is 0 Å². The Labute approximate surface area is 138 Å². The van der Waals surface area contributed by atoms with Gasteiger partial charge in [-0.2, -0.15) is 0 Å². The molecule has 2 aliphatic rings. The van der Waals surface area contributed by atoms with Gasteiger partial charge in [0.25, 0.3) is 0 Å². The summed E-state index contributed by atoms with van der Waals surface area (Å²) in [6, 6.07) is 4.35. The lowest BCUT2D eigenvalue weighted by Crippen LogP contribution is -2.60. The highest BCUT2D eigenvalue weighted by Gasteiger charge is 2.35. The molecule has 3 rings (SSSR count). The van der Waals surface area contributed by atoms with E-state index in [1.165, 1.54) is 0 Å². The summed E-state index contributed by atoms with van der Waals surface area (Å²) < 4.78 is 10.8. The van der Waals surface area contributed by atoms with Crippen molar-refractivity contribution in [3.63, 3.8) is 0 Å². The van der Waals surface area contributed by atoms with E-state index < -0.39 is 0 Å². The Bertz CT molecular complexity index is 497. The summed E-state index contributed by atoms with van der Waals surface area (Å²) in [5, 5.41) is 0. The molecule has 3 heterocycles. The number of hydrogen-bond donors (Lipinski definition) is 0. The molecule has 2 fully saturated rings. The molecule has 2 aliphatic heterocycles. The third kappa shape index (κ3) is 3.87. The normalized spacial score (nSPS) is 23.5. The number of furan rings is 1. The number of hydrogen-bond acceptors (Lipinski definition) is 4. The van der Waals surface area contributed by atoms with Gasteiger partial charge in [0, 0.05) is 38.8 Å². The van der Waals surface area contributed by atoms with Gasteiger partial charge in [-0.3, -0.25) is 4.90 Å². The second-order valence-electron chi connectivity index (χ2n) is 6.70. The third-order valence-corrected chi connectivity index (χ3v) is 4.76. The van der Waals surface area contributed by atoms with Gasteiger partial charge in [-0.25, -0.2) is 4.79 Å². The van der Waals surface area contributed by atoms with Crippen molar-refractivity contribution in [2.24, 2.45) is 5.92 Å². The van der Waals surface area contributed by atoms with Crippen LogP contribution >= 0.6 is 0 Å². The molecule has 6 nitrogen and oxygen atoms in total. The molecule has 23 heavy (non-hydrogen) atoms. The van der Waals surface area contributed by atoms with Gasteiger partial charge in [0.05, 0.1) is 26.0 Å². The lowest BCUT2D eigenvalue weighted by molar-refractivity contribution is 0.0177. The smallest absolute Gasteiger partial charge is 0.320 e. The van der Waals surface area contributed by atoms with E-state index in [0.29, 0.717) is 32.2 Å². The summed E-state index contributed by atoms with van der Waals surface area (Å²) in [4.78, 5) is 19.2. The van der Waals surface area contributed by atoms with Crippen LogP contribution in [0.5, 0.6) is 0 Å². The number of morpholine rings is 1. The fourth-order valence-corrected chi connectivity index (χ4v) is 3.38. The van der Waals surface area contributed by atoms with Gasteiger partial charge in [-0.1, -0.05) is 13.8 Å². The predicted octanol–water partition coefficient (Wildman–Crippen LogP) is 1.87. The largest absolute Gasteiger partial charge is 0.468 e. The average molecular weight is 321 g/mol. The topological polar surface area (TPSA) is 49.2 Å². The first-order valence-electron chi connectivity index (χ1n) is 8.53. The van der Waals surface area contributed by atoms with E-state index in [9.17, 15) is 4.79 Å². The number of nitrogens with zero attached hydrogens (tertiary/aromatic N) is 3. The minimum absolute atomic E-state index is 0.171. The molecule has 0 spiro atoms. The standard InChI is InChI=1S/C17H27N3O3/c1-14(2)16-13-18(12-15-4-3-9-23-15)5-6-20(16)17(21)19-7-10-22-11-8-19/h3-4,9,14,16H,5-8,10-13H2,1-2H3/t16-/m1/s1. The second kappa shape index (κ2) is 7.36. The highest BCUT2D eigenvalue weighted by molar-refractivity contribution is 5.75. The van der Waals surface area contributed by atoms with Gasteiger partial charge in [0.15, 0.2) is 0 Å². The van der Waals surface area contributed by atoms with E-state index in [4.69, 9.17) is 9.15 Å². The van der Waals surface area contributed by atoms with Crippen LogP contribution in [0.1, 0.15) is 19.6 Å². The molecule has 0 radical (unpaired) electrons. The molecule has 1 aromatic heterocycles. The molecule has 0 aromatic carbocycles. The SMILES string of the molecule is CC(C)[C@H]1CN(Cc2ccco2)CCN1C(=O)N1CCOCC1. The minimum atomic E-state index is 0.171. The zero-order chi connectivity index (χ0) is 16.2. The van der Waals surface area contributed by atoms with Crippen LogP contribution in [-0.2, 0) is 11.3 Å². The minimum Gasteiger partial charge on any atom is -0.468 e. The van der Waals surface area contributed by atoms with Crippen LogP contribution in [0, 0.1) is 5.92 Å². The molecule has 0 aliphatic carbocycles. The zero-order valence-electron chi connectivity index (χ0n) is 14.1. The van der Waals surface area contributed by atoms with Gasteiger partial charge in [-0.05, 0) is 18.1 Å². The van der Waals surface area contributed by atoms with E-state index in [-0.39, 0.29) is 12.1 Å². The van der Waals surface area contributed by atoms with Gasteiger partial charge >= 0.3 is 6.03 Å². The molecule has 1 aromatic rings. The van der Waals surface area contributed by atoms with Crippen LogP contribution in [0.3, 0.4) is 0 Å². The Hall–Kier alpha value is -1.53. The molecule has 0 saturated carbocycles. The highest BCUT2D eigenvalue weighted by atomic mass is 16.5. The fourth-order valence-electron chi connectivity index (χ4n) is 3.38. The number of carbonyl (C=O) groups is 1. The number of ether oxygens (including phenoxy) is 1. The molecule has 2 amide bonds. The predicted molar refractivity (Wildman–Crippen MR) is 87.1 cm³/mol. The van der Waals surface area contributed by atoms with Crippen molar-refractivity contribution in [1.82, 2.24) is 14.7 Å². The summed E-state index contributed by atoms with van der Waals surface area (Å²) in [5.74, 6) is 1.42. The Morgan fingerprint density at radius 3 is 2.70 bits per heavy atom. The average Bonchev–Trinajstić information content (AvgIpc) is 3.08. The van der Waals surface area contributed by atoms with Gasteiger partial charge < -0.3 is 19.0 Å². The van der Waals surface area contributed by atoms with Crippen LogP contribution in [0.25, 0.3) is 0 Å². The number of urea groups is 1. The van der Waals surface area contributed by atoms with Gasteiger partial charge in [0.2, 0.25) is 0 Å². The maximum Gasteiger partial charge on any atom is 0.320 e. The Balaban J connectivity index is 1.63. The lowest BCUT2D eigenvalue weighted by Gasteiger charge is -2.45. The first kappa shape index (κ1) is 16.3. The van der Waals surface area contributed by atoms with E-state index >= 15 is 0 Å². The van der Waals surface area contributed by atoms with Crippen LogP contribution in [0.2, 0.25) is 0 Å². The molecular weight excluding hydrogens is 294 g/mol. The molecule has 6 heteroatoms. The second-order valence-corrected chi connectivity index (χ2v) is 6.70. The van der Waals surface area contributed by atoms with Crippen molar-refractivity contribution in [3.8, 4) is 0 Å². The fraction of sp³-hybridized carbons (Fsp3) is 0.706. The molecule has 128 valence electrons. The zero-order valence-corrected chi connectivity index (χ0v) is 14.1. The van der Waals surface area contributed by atoms with E-state index in [1.807, 2.05) is 17.0 Å². The third-order valence-electron chi connectivity index (χ3n) is 4.76. The maximum absolute atomic E-state index is 12.9. The van der Waals surface area contributed by atoms with E-state index in [0.717, 1.165) is 31.9 Å². The summed E-state index contributed by atoms with van der Waals surface area (Å²) in [7, 11) is 0. The molecular formula is C17H27N3O3. The number of amides is 2. The van der Waals surface area contributed by atoms with Crippen LogP contribution in [0.15, 0.2) is 22.8 Å². The number of carbonyl (C=O) groups excluding carboxylic acids is 1. The number of piperazine rings is 1. The summed E-state index contributed by atoms with van der Waals surface area (Å²) in [6.45, 7) is 10.5. The molecule has 0 bridgehead atoms. The van der Waals surface area contributed by atoms with Crippen molar-refractivity contribution >= 4 is 6.03 Å². The Morgan fingerprint density at radius 2 is 2.04 bits per heavy atom. The molecule has 1 atom stereocenters. The van der Waals surface area contributed by atoms with E-state index in [2.05, 4.69) is 23.6 Å². The van der Waals surface area contributed by atoms with Gasteiger partial charge in [0.1, 0.15) is 5.76 Å². The highest BCUT2D eigenvalue weighted by Crippen LogP contribution is 2.21. The van der Waals surface area contributed by atoms with Crippen molar-refractivity contribution < 1.29 is 13.9 Å². The van der Waals surface area contributed by atoms with Crippen molar-refractivity contribution in [2.45, 2.75) is 26.4 Å². The van der Waals surface area contributed by atoms with Crippen molar-refractivity contribution in [3.05, 3.63) is 24.2 Å². The molecule has 2 saturated heterocycles. The van der Waals surface area contributed by atoms with Crippen LogP contribution in [0.4, 0.5) is 4.79 Å². The lowest BCUT2D eigenvalue weighted by atomic mass is 9.99. The van der Waals surface area contributed by atoms with Crippen molar-refractivity contribution in [1.29, 1.82) is 0 Å². The quantitative estimate of drug-likeness (QED) is 0.853. The van der Waals surface area contributed by atoms with Crippen molar-refractivity contribution in [2.75, 3.05) is 45.9 Å². The molecule has 0 N–H and O–H groups in total. The summed E-state index contributed by atoms with van der Waals surface area (Å²) >= 11 is 0. The Morgan fingerprint density at radius 1 is 1.26 bits per heavy atom. The number of rotatable bonds is 3. The summed E-state index contributed by atoms with van der Waals surface area (Å²) in [6.07, 6.45) is 1.72. The first-order valence-corrected chi connectivity index (χ1v) is 8.53. The first-order chi connectivity index (χ1) is 11.1.